The third-order valence-electron chi connectivity index (χ3n) is 2.46. The molecule has 1 aromatic heterocycles. The Morgan fingerprint density at radius 3 is 2.06 bits per heavy atom. The minimum Gasteiger partial charge on any atom is -0.376 e. The molecule has 0 fully saturated rings. The van der Waals surface area contributed by atoms with Gasteiger partial charge < -0.3 is 4.84 Å². The van der Waals surface area contributed by atoms with Gasteiger partial charge in [-0.15, -0.1) is 10.2 Å². The van der Waals surface area contributed by atoms with Gasteiger partial charge in [0.25, 0.3) is 0 Å². The molecule has 0 aliphatic carbocycles. The van der Waals surface area contributed by atoms with Gasteiger partial charge in [0.05, 0.1) is 0 Å². The van der Waals surface area contributed by atoms with Gasteiger partial charge in [0.2, 0.25) is 0 Å². The smallest absolute Gasteiger partial charge is 0.144 e. The molecule has 17 heavy (non-hydrogen) atoms. The van der Waals surface area contributed by atoms with Crippen molar-refractivity contribution in [3.05, 3.63) is 60.2 Å². The SMILES string of the molecule is c1ccc(COn2nc3ccccc3n2)cc1. The number of hydrogen-bond acceptors (Lipinski definition) is 3. The zero-order valence-electron chi connectivity index (χ0n) is 9.15. The van der Waals surface area contributed by atoms with Crippen LogP contribution in [0.2, 0.25) is 0 Å². The summed E-state index contributed by atoms with van der Waals surface area (Å²) in [4.78, 5) is 6.75. The lowest BCUT2D eigenvalue weighted by Gasteiger charge is -2.02. The van der Waals surface area contributed by atoms with Gasteiger partial charge in [-0.25, -0.2) is 0 Å². The van der Waals surface area contributed by atoms with E-state index in [-0.39, 0.29) is 0 Å². The zero-order valence-corrected chi connectivity index (χ0v) is 9.15. The van der Waals surface area contributed by atoms with Crippen molar-refractivity contribution in [3.8, 4) is 0 Å². The molecule has 3 aromatic rings. The fraction of sp³-hybridized carbons (Fsp3) is 0.0769. The quantitative estimate of drug-likeness (QED) is 0.685. The van der Waals surface area contributed by atoms with Crippen molar-refractivity contribution in [1.82, 2.24) is 15.2 Å². The molecule has 1 heterocycles. The van der Waals surface area contributed by atoms with Crippen molar-refractivity contribution < 1.29 is 4.84 Å². The lowest BCUT2D eigenvalue weighted by molar-refractivity contribution is 0.0436. The van der Waals surface area contributed by atoms with Gasteiger partial charge in [-0.3, -0.25) is 0 Å². The topological polar surface area (TPSA) is 39.9 Å². The molecule has 0 aliphatic rings. The first-order valence-corrected chi connectivity index (χ1v) is 5.41. The van der Waals surface area contributed by atoms with Gasteiger partial charge in [0, 0.05) is 0 Å². The van der Waals surface area contributed by atoms with Crippen molar-refractivity contribution in [3.63, 3.8) is 0 Å². The van der Waals surface area contributed by atoms with Crippen LogP contribution >= 0.6 is 0 Å². The molecule has 0 bridgehead atoms. The summed E-state index contributed by atoms with van der Waals surface area (Å²) in [6.45, 7) is 0.460. The highest BCUT2D eigenvalue weighted by Crippen LogP contribution is 2.06. The molecular formula is C13H11N3O. The largest absolute Gasteiger partial charge is 0.376 e. The van der Waals surface area contributed by atoms with Crippen LogP contribution in [-0.4, -0.2) is 15.2 Å². The molecule has 2 aromatic carbocycles. The van der Waals surface area contributed by atoms with Crippen LogP contribution in [0, 0.1) is 0 Å². The molecule has 0 radical (unpaired) electrons. The third kappa shape index (κ3) is 2.10. The second kappa shape index (κ2) is 4.25. The monoisotopic (exact) mass is 225 g/mol. The van der Waals surface area contributed by atoms with E-state index in [2.05, 4.69) is 10.2 Å². The van der Waals surface area contributed by atoms with Gasteiger partial charge in [0.15, 0.2) is 0 Å². The van der Waals surface area contributed by atoms with Crippen molar-refractivity contribution in [2.45, 2.75) is 6.61 Å². The zero-order chi connectivity index (χ0) is 11.5. The molecule has 0 amide bonds. The lowest BCUT2D eigenvalue weighted by Crippen LogP contribution is -2.14. The maximum absolute atomic E-state index is 5.47. The van der Waals surface area contributed by atoms with Crippen LogP contribution in [0.1, 0.15) is 5.56 Å². The molecule has 4 heteroatoms. The Hall–Kier alpha value is -2.36. The normalized spacial score (nSPS) is 10.6. The Balaban J connectivity index is 1.77. The summed E-state index contributed by atoms with van der Waals surface area (Å²) in [5, 5.41) is 8.42. The lowest BCUT2D eigenvalue weighted by atomic mass is 10.2. The molecule has 84 valence electrons. The first-order valence-electron chi connectivity index (χ1n) is 5.41. The van der Waals surface area contributed by atoms with Crippen molar-refractivity contribution in [1.29, 1.82) is 0 Å². The Labute approximate surface area is 98.4 Å². The number of hydrogen-bond donors (Lipinski definition) is 0. The predicted molar refractivity (Wildman–Crippen MR) is 64.3 cm³/mol. The van der Waals surface area contributed by atoms with Crippen LogP contribution in [0.5, 0.6) is 0 Å². The minimum atomic E-state index is 0.460. The molecule has 0 saturated carbocycles. The van der Waals surface area contributed by atoms with E-state index in [4.69, 9.17) is 4.84 Å². The maximum Gasteiger partial charge on any atom is 0.144 e. The summed E-state index contributed by atoms with van der Waals surface area (Å²) in [5.41, 5.74) is 2.76. The second-order valence-electron chi connectivity index (χ2n) is 3.70. The van der Waals surface area contributed by atoms with Crippen molar-refractivity contribution in [2.75, 3.05) is 0 Å². The predicted octanol–water partition coefficient (Wildman–Crippen LogP) is 2.06. The van der Waals surface area contributed by atoms with E-state index in [9.17, 15) is 0 Å². The van der Waals surface area contributed by atoms with Gasteiger partial charge in [-0.2, -0.15) is 0 Å². The standard InChI is InChI=1S/C13H11N3O/c1-2-6-11(7-3-1)10-17-16-14-12-8-4-5-9-13(12)15-16/h1-9H,10H2. The van der Waals surface area contributed by atoms with Crippen LogP contribution in [0.3, 0.4) is 0 Å². The molecule has 0 N–H and O–H groups in total. The third-order valence-corrected chi connectivity index (χ3v) is 2.46. The van der Waals surface area contributed by atoms with E-state index < -0.39 is 0 Å². The van der Waals surface area contributed by atoms with E-state index in [1.54, 1.807) is 0 Å². The highest BCUT2D eigenvalue weighted by molar-refractivity contribution is 5.72. The Bertz CT molecular complexity index is 586. The molecule has 0 aliphatic heterocycles. The van der Waals surface area contributed by atoms with E-state index in [0.717, 1.165) is 16.6 Å². The molecule has 4 nitrogen and oxygen atoms in total. The van der Waals surface area contributed by atoms with Crippen molar-refractivity contribution >= 4 is 11.0 Å². The van der Waals surface area contributed by atoms with Crippen LogP contribution in [0.15, 0.2) is 54.6 Å². The second-order valence-corrected chi connectivity index (χ2v) is 3.70. The Morgan fingerprint density at radius 2 is 1.41 bits per heavy atom. The van der Waals surface area contributed by atoms with E-state index >= 15 is 0 Å². The Kier molecular flexibility index (Phi) is 2.46. The highest BCUT2D eigenvalue weighted by Gasteiger charge is 2.01. The van der Waals surface area contributed by atoms with E-state index in [1.807, 2.05) is 54.6 Å². The molecule has 0 atom stereocenters. The van der Waals surface area contributed by atoms with Gasteiger partial charge in [-0.05, 0) is 22.7 Å². The fourth-order valence-corrected chi connectivity index (χ4v) is 1.60. The van der Waals surface area contributed by atoms with Gasteiger partial charge in [-0.1, -0.05) is 42.5 Å². The summed E-state index contributed by atoms with van der Waals surface area (Å²) in [7, 11) is 0. The van der Waals surface area contributed by atoms with E-state index in [1.165, 1.54) is 4.96 Å². The first kappa shape index (κ1) is 9.84. The fourth-order valence-electron chi connectivity index (χ4n) is 1.60. The number of fused-ring (bicyclic) bond motifs is 1. The van der Waals surface area contributed by atoms with Crippen LogP contribution in [0.25, 0.3) is 11.0 Å². The molecule has 0 saturated heterocycles. The summed E-state index contributed by atoms with van der Waals surface area (Å²) >= 11 is 0. The summed E-state index contributed by atoms with van der Waals surface area (Å²) in [5.74, 6) is 0. The average Bonchev–Trinajstić information content (AvgIpc) is 2.80. The van der Waals surface area contributed by atoms with Crippen LogP contribution < -0.4 is 4.84 Å². The number of aromatic nitrogens is 3. The molecule has 0 unspecified atom stereocenters. The van der Waals surface area contributed by atoms with Crippen LogP contribution in [0.4, 0.5) is 0 Å². The molecule has 0 spiro atoms. The molecule has 3 rings (SSSR count). The number of nitrogens with zero attached hydrogens (tertiary/aromatic N) is 3. The minimum absolute atomic E-state index is 0.460. The van der Waals surface area contributed by atoms with Gasteiger partial charge in [0.1, 0.15) is 17.6 Å². The van der Waals surface area contributed by atoms with Crippen molar-refractivity contribution in [2.24, 2.45) is 0 Å². The number of benzene rings is 2. The summed E-state index contributed by atoms with van der Waals surface area (Å²) in [6.07, 6.45) is 0. The van der Waals surface area contributed by atoms with E-state index in [0.29, 0.717) is 6.61 Å². The maximum atomic E-state index is 5.47. The number of rotatable bonds is 3. The van der Waals surface area contributed by atoms with Gasteiger partial charge >= 0.3 is 0 Å². The molecular weight excluding hydrogens is 214 g/mol. The average molecular weight is 225 g/mol. The highest BCUT2D eigenvalue weighted by atomic mass is 16.7. The first-order chi connectivity index (χ1) is 8.42. The van der Waals surface area contributed by atoms with Crippen LogP contribution in [-0.2, 0) is 6.61 Å². The summed E-state index contributed by atoms with van der Waals surface area (Å²) < 4.78 is 0. The Morgan fingerprint density at radius 1 is 0.824 bits per heavy atom. The summed E-state index contributed by atoms with van der Waals surface area (Å²) in [6, 6.07) is 17.6.